The van der Waals surface area contributed by atoms with E-state index in [1.54, 1.807) is 29.3 Å². The maximum Gasteiger partial charge on any atom is 0.251 e. The van der Waals surface area contributed by atoms with Crippen molar-refractivity contribution >= 4 is 34.7 Å². The lowest BCUT2D eigenvalue weighted by Crippen LogP contribution is -2.45. The molecule has 2 aliphatic rings. The second-order valence-electron chi connectivity index (χ2n) is 7.03. The number of hydrazone groups is 1. The van der Waals surface area contributed by atoms with Gasteiger partial charge in [-0.1, -0.05) is 53.5 Å². The van der Waals surface area contributed by atoms with Crippen molar-refractivity contribution in [3.63, 3.8) is 0 Å². The first kappa shape index (κ1) is 18.2. The summed E-state index contributed by atoms with van der Waals surface area (Å²) in [6.45, 7) is 0. The Morgan fingerprint density at radius 2 is 1.59 bits per heavy atom. The fourth-order valence-electron chi connectivity index (χ4n) is 3.78. The van der Waals surface area contributed by atoms with Gasteiger partial charge in [0.05, 0.1) is 11.8 Å². The molecule has 3 aromatic rings. The average Bonchev–Trinajstić information content (AvgIpc) is 3.19. The lowest BCUT2D eigenvalue weighted by molar-refractivity contribution is -0.00455. The van der Waals surface area contributed by atoms with Crippen LogP contribution >= 0.6 is 23.2 Å². The summed E-state index contributed by atoms with van der Waals surface area (Å²) >= 11 is 12.0. The monoisotopic (exact) mass is 422 g/mol. The highest BCUT2D eigenvalue weighted by Gasteiger charge is 2.43. The van der Waals surface area contributed by atoms with Crippen molar-refractivity contribution in [2.45, 2.75) is 18.7 Å². The minimum absolute atomic E-state index is 0.0631. The van der Waals surface area contributed by atoms with E-state index >= 15 is 0 Å². The summed E-state index contributed by atoms with van der Waals surface area (Å²) < 4.78 is 6.11. The molecule has 0 N–H and O–H groups in total. The van der Waals surface area contributed by atoms with Gasteiger partial charge in [-0.2, -0.15) is 5.10 Å². The number of fused-ring (bicyclic) bond motifs is 3. The molecule has 144 valence electrons. The van der Waals surface area contributed by atoms with Gasteiger partial charge in [-0.25, -0.2) is 5.01 Å². The highest BCUT2D eigenvalue weighted by atomic mass is 35.5. The van der Waals surface area contributed by atoms with Crippen molar-refractivity contribution in [3.8, 4) is 5.75 Å². The Morgan fingerprint density at radius 1 is 0.931 bits per heavy atom. The molecule has 0 bridgehead atoms. The van der Waals surface area contributed by atoms with Crippen LogP contribution in [0.4, 0.5) is 0 Å². The fraction of sp³-hybridized carbons (Fsp3) is 0.130. The summed E-state index contributed by atoms with van der Waals surface area (Å²) in [6, 6.07) is 22.2. The Balaban J connectivity index is 1.55. The number of halogens is 2. The third-order valence-corrected chi connectivity index (χ3v) is 5.73. The molecule has 29 heavy (non-hydrogen) atoms. The number of carbonyl (C=O) groups is 1. The van der Waals surface area contributed by atoms with Crippen LogP contribution in [0.15, 0.2) is 77.9 Å². The summed E-state index contributed by atoms with van der Waals surface area (Å²) in [7, 11) is 0. The number of ether oxygens (including phenoxy) is 1. The predicted octanol–water partition coefficient (Wildman–Crippen LogP) is 5.75. The molecule has 6 heteroatoms. The second kappa shape index (κ2) is 7.21. The first-order chi connectivity index (χ1) is 14.1. The van der Waals surface area contributed by atoms with Crippen molar-refractivity contribution < 1.29 is 9.53 Å². The second-order valence-corrected chi connectivity index (χ2v) is 7.91. The predicted molar refractivity (Wildman–Crippen MR) is 114 cm³/mol. The van der Waals surface area contributed by atoms with Gasteiger partial charge in [0.1, 0.15) is 5.75 Å². The van der Waals surface area contributed by atoms with Crippen molar-refractivity contribution in [1.29, 1.82) is 0 Å². The molecular weight excluding hydrogens is 407 g/mol. The molecule has 0 radical (unpaired) electrons. The molecule has 0 spiro atoms. The average molecular weight is 423 g/mol. The van der Waals surface area contributed by atoms with Gasteiger partial charge in [0.2, 0.25) is 5.78 Å². The molecule has 0 amide bonds. The molecule has 0 saturated carbocycles. The Labute approximate surface area is 178 Å². The molecule has 3 aromatic carbocycles. The maximum absolute atomic E-state index is 13.3. The highest BCUT2D eigenvalue weighted by molar-refractivity contribution is 6.31. The zero-order valence-corrected chi connectivity index (χ0v) is 16.8. The normalized spacial score (nSPS) is 19.8. The fourth-order valence-corrected chi connectivity index (χ4v) is 4.03. The van der Waals surface area contributed by atoms with Gasteiger partial charge in [0.15, 0.2) is 0 Å². The Kier molecular flexibility index (Phi) is 4.53. The van der Waals surface area contributed by atoms with E-state index in [4.69, 9.17) is 33.0 Å². The van der Waals surface area contributed by atoms with E-state index < -0.39 is 6.23 Å². The smallest absolute Gasteiger partial charge is 0.251 e. The third kappa shape index (κ3) is 3.28. The molecule has 2 unspecified atom stereocenters. The van der Waals surface area contributed by atoms with Crippen molar-refractivity contribution in [3.05, 3.63) is 99.5 Å². The molecule has 0 fully saturated rings. The zero-order valence-electron chi connectivity index (χ0n) is 15.3. The van der Waals surface area contributed by atoms with Crippen LogP contribution in [-0.2, 0) is 0 Å². The number of hydrogen-bond donors (Lipinski definition) is 0. The molecule has 4 nitrogen and oxygen atoms in total. The van der Waals surface area contributed by atoms with Gasteiger partial charge in [0.25, 0.3) is 6.23 Å². The van der Waals surface area contributed by atoms with Crippen LogP contribution in [0.3, 0.4) is 0 Å². The Bertz CT molecular complexity index is 1110. The quantitative estimate of drug-likeness (QED) is 0.504. The number of carbonyl (C=O) groups excluding carboxylic acids is 1. The van der Waals surface area contributed by atoms with Gasteiger partial charge in [-0.3, -0.25) is 4.79 Å². The lowest BCUT2D eigenvalue weighted by Gasteiger charge is -2.37. The van der Waals surface area contributed by atoms with E-state index in [0.717, 1.165) is 16.8 Å². The van der Waals surface area contributed by atoms with Gasteiger partial charge in [0, 0.05) is 27.6 Å². The number of nitrogens with zero attached hydrogens (tertiary/aromatic N) is 2. The highest BCUT2D eigenvalue weighted by Crippen LogP contribution is 2.43. The van der Waals surface area contributed by atoms with Gasteiger partial charge in [-0.05, 0) is 48.0 Å². The van der Waals surface area contributed by atoms with Crippen LogP contribution in [0.5, 0.6) is 5.75 Å². The first-order valence-corrected chi connectivity index (χ1v) is 10.0. The Hall–Kier alpha value is -2.82. The van der Waals surface area contributed by atoms with Gasteiger partial charge < -0.3 is 4.74 Å². The van der Waals surface area contributed by atoms with Crippen LogP contribution in [-0.4, -0.2) is 22.7 Å². The standard InChI is InChI=1S/C23H16Cl2N2O2/c24-16-9-5-14(6-10-16)19-13-20-18-3-1-2-4-21(18)29-23(27(20)26-19)22(28)15-7-11-17(25)12-8-15/h1-12,20,23H,13H2. The summed E-state index contributed by atoms with van der Waals surface area (Å²) in [6.07, 6.45) is -0.146. The summed E-state index contributed by atoms with van der Waals surface area (Å²) in [4.78, 5) is 13.3. The molecule has 0 aliphatic carbocycles. The van der Waals surface area contributed by atoms with E-state index in [2.05, 4.69) is 0 Å². The number of ketones is 1. The molecule has 0 saturated heterocycles. The SMILES string of the molecule is O=C(c1ccc(Cl)cc1)C1Oc2ccccc2C2CC(c3ccc(Cl)cc3)=NN12. The molecular formula is C23H16Cl2N2O2. The maximum atomic E-state index is 13.3. The van der Waals surface area contributed by atoms with Crippen LogP contribution in [0.25, 0.3) is 0 Å². The van der Waals surface area contributed by atoms with E-state index in [1.807, 2.05) is 48.5 Å². The number of Topliss-reactive ketones (excluding diaryl/α,β-unsaturated/α-hetero) is 1. The minimum Gasteiger partial charge on any atom is -0.461 e. The van der Waals surface area contributed by atoms with E-state index in [1.165, 1.54) is 0 Å². The first-order valence-electron chi connectivity index (χ1n) is 9.27. The molecule has 2 aliphatic heterocycles. The van der Waals surface area contributed by atoms with Gasteiger partial charge >= 0.3 is 0 Å². The molecule has 2 atom stereocenters. The lowest BCUT2D eigenvalue weighted by atomic mass is 9.96. The number of para-hydroxylation sites is 1. The number of hydrogen-bond acceptors (Lipinski definition) is 4. The molecule has 0 aromatic heterocycles. The number of benzene rings is 3. The third-order valence-electron chi connectivity index (χ3n) is 5.23. The Morgan fingerprint density at radius 3 is 2.31 bits per heavy atom. The van der Waals surface area contributed by atoms with Crippen molar-refractivity contribution in [2.75, 3.05) is 0 Å². The van der Waals surface area contributed by atoms with Crippen molar-refractivity contribution in [2.24, 2.45) is 5.10 Å². The van der Waals surface area contributed by atoms with Crippen LogP contribution < -0.4 is 4.74 Å². The zero-order chi connectivity index (χ0) is 20.0. The van der Waals surface area contributed by atoms with E-state index in [9.17, 15) is 4.79 Å². The van der Waals surface area contributed by atoms with Crippen LogP contribution in [0.2, 0.25) is 10.0 Å². The van der Waals surface area contributed by atoms with Crippen LogP contribution in [0.1, 0.15) is 33.9 Å². The van der Waals surface area contributed by atoms with E-state index in [-0.39, 0.29) is 11.8 Å². The minimum atomic E-state index is -0.833. The molecule has 2 heterocycles. The topological polar surface area (TPSA) is 41.9 Å². The summed E-state index contributed by atoms with van der Waals surface area (Å²) in [5, 5.41) is 7.83. The summed E-state index contributed by atoms with van der Waals surface area (Å²) in [5.41, 5.74) is 3.45. The number of rotatable bonds is 3. The van der Waals surface area contributed by atoms with Crippen molar-refractivity contribution in [1.82, 2.24) is 5.01 Å². The summed E-state index contributed by atoms with van der Waals surface area (Å²) in [5.74, 6) is 0.566. The van der Waals surface area contributed by atoms with Gasteiger partial charge in [-0.15, -0.1) is 0 Å². The van der Waals surface area contributed by atoms with E-state index in [0.29, 0.717) is 27.8 Å². The largest absolute Gasteiger partial charge is 0.461 e. The molecule has 5 rings (SSSR count). The van der Waals surface area contributed by atoms with Crippen LogP contribution in [0, 0.1) is 0 Å².